The minimum absolute atomic E-state index is 0.222. The molecule has 0 amide bonds. The van der Waals surface area contributed by atoms with Crippen molar-refractivity contribution in [2.24, 2.45) is 32.5 Å². The molecule has 1 aromatic carbocycles. The molecule has 186 valence electrons. The van der Waals surface area contributed by atoms with Crippen LogP contribution in [0.5, 0.6) is 0 Å². The maximum absolute atomic E-state index is 14.3. The van der Waals surface area contributed by atoms with E-state index < -0.39 is 32.5 Å². The maximum atomic E-state index is 14.3. The number of benzene rings is 1. The lowest BCUT2D eigenvalue weighted by Gasteiger charge is -2.48. The van der Waals surface area contributed by atoms with Crippen LogP contribution in [0.3, 0.4) is 0 Å². The highest BCUT2D eigenvalue weighted by molar-refractivity contribution is 6.37. The molecular weight excluding hydrogens is 424 g/mol. The number of carbonyl (C=O) groups is 4. The van der Waals surface area contributed by atoms with Crippen LogP contribution < -0.4 is 0 Å². The number of hydrogen-bond acceptors (Lipinski definition) is 4. The smallest absolute Gasteiger partial charge is 0.178 e. The van der Waals surface area contributed by atoms with Gasteiger partial charge in [-0.2, -0.15) is 0 Å². The second kappa shape index (κ2) is 6.77. The van der Waals surface area contributed by atoms with Gasteiger partial charge in [-0.1, -0.05) is 83.1 Å². The highest BCUT2D eigenvalue weighted by Crippen LogP contribution is 2.63. The van der Waals surface area contributed by atoms with Crippen molar-refractivity contribution in [3.63, 3.8) is 0 Å². The molecule has 0 aromatic heterocycles. The Morgan fingerprint density at radius 2 is 0.529 bits per heavy atom. The average Bonchev–Trinajstić information content (AvgIpc) is 2.97. The molecule has 4 nitrogen and oxygen atoms in total. The first-order chi connectivity index (χ1) is 15.0. The van der Waals surface area contributed by atoms with E-state index in [-0.39, 0.29) is 23.1 Å². The summed E-state index contributed by atoms with van der Waals surface area (Å²) in [6, 6.07) is 0. The first kappa shape index (κ1) is 26.5. The predicted molar refractivity (Wildman–Crippen MR) is 136 cm³/mol. The topological polar surface area (TPSA) is 68.3 Å². The van der Waals surface area contributed by atoms with E-state index in [0.29, 0.717) is 33.4 Å². The van der Waals surface area contributed by atoms with Crippen LogP contribution in [-0.4, -0.2) is 23.1 Å². The third-order valence-electron chi connectivity index (χ3n) is 8.77. The Morgan fingerprint density at radius 3 is 0.647 bits per heavy atom. The molecule has 0 aliphatic heterocycles. The average molecular weight is 467 g/mol. The molecule has 1 aromatic rings. The summed E-state index contributed by atoms with van der Waals surface area (Å²) in [7, 11) is 0. The number of rotatable bonds is 0. The Balaban J connectivity index is 2.52. The van der Waals surface area contributed by atoms with Gasteiger partial charge in [-0.25, -0.2) is 0 Å². The maximum Gasteiger partial charge on any atom is 0.178 e. The summed E-state index contributed by atoms with van der Waals surface area (Å²) in [6.07, 6.45) is 0. The van der Waals surface area contributed by atoms with Gasteiger partial charge in [0.1, 0.15) is 10.8 Å². The summed E-state index contributed by atoms with van der Waals surface area (Å²) in [6.45, 7) is 26.6. The van der Waals surface area contributed by atoms with Crippen LogP contribution in [0.4, 0.5) is 0 Å². The second-order valence-corrected chi connectivity index (χ2v) is 14.6. The lowest BCUT2D eigenvalue weighted by molar-refractivity contribution is 0.00337. The summed E-state index contributed by atoms with van der Waals surface area (Å²) in [5.74, 6) is -0.888. The fourth-order valence-corrected chi connectivity index (χ4v) is 8.07. The van der Waals surface area contributed by atoms with E-state index in [1.165, 1.54) is 0 Å². The second-order valence-electron chi connectivity index (χ2n) is 14.6. The van der Waals surface area contributed by atoms with Crippen molar-refractivity contribution in [2.75, 3.05) is 0 Å². The summed E-state index contributed by atoms with van der Waals surface area (Å²) in [5, 5.41) is 0. The molecule has 34 heavy (non-hydrogen) atoms. The molecule has 0 atom stereocenters. The van der Waals surface area contributed by atoms with E-state index in [2.05, 4.69) is 0 Å². The van der Waals surface area contributed by atoms with Crippen LogP contribution in [-0.2, 0) is 0 Å². The first-order valence-electron chi connectivity index (χ1n) is 12.3. The Bertz CT molecular complexity index is 983. The third kappa shape index (κ3) is 2.61. The number of Topliss-reactive ketones (excluding diaryl/α,β-unsaturated/α-hetero) is 4. The first-order valence-corrected chi connectivity index (χ1v) is 12.3. The van der Waals surface area contributed by atoms with Crippen LogP contribution in [0.15, 0.2) is 0 Å². The highest BCUT2D eigenvalue weighted by atomic mass is 16.2. The van der Waals surface area contributed by atoms with Crippen LogP contribution >= 0.6 is 0 Å². The zero-order valence-corrected chi connectivity index (χ0v) is 23.6. The number of ketones is 4. The van der Waals surface area contributed by atoms with Crippen molar-refractivity contribution in [3.05, 3.63) is 33.4 Å². The van der Waals surface area contributed by atoms with Gasteiger partial charge in [0.25, 0.3) is 0 Å². The fraction of sp³-hybridized carbons (Fsp3) is 0.667. The molecule has 0 saturated carbocycles. The zero-order valence-electron chi connectivity index (χ0n) is 23.6. The molecular formula is C30H42O4. The van der Waals surface area contributed by atoms with Gasteiger partial charge in [0.15, 0.2) is 23.1 Å². The van der Waals surface area contributed by atoms with Gasteiger partial charge < -0.3 is 0 Å². The van der Waals surface area contributed by atoms with Crippen LogP contribution in [0, 0.1) is 46.3 Å². The molecule has 0 N–H and O–H groups in total. The molecule has 2 aliphatic carbocycles. The van der Waals surface area contributed by atoms with E-state index in [0.717, 1.165) is 0 Å². The van der Waals surface area contributed by atoms with Crippen LogP contribution in [0.25, 0.3) is 0 Å². The van der Waals surface area contributed by atoms with Crippen molar-refractivity contribution < 1.29 is 19.2 Å². The minimum atomic E-state index is -1.29. The van der Waals surface area contributed by atoms with Gasteiger partial charge in [0.2, 0.25) is 0 Å². The van der Waals surface area contributed by atoms with E-state index in [9.17, 15) is 19.2 Å². The van der Waals surface area contributed by atoms with Gasteiger partial charge in [-0.3, -0.25) is 19.2 Å². The van der Waals surface area contributed by atoms with E-state index in [4.69, 9.17) is 0 Å². The van der Waals surface area contributed by atoms with Crippen molar-refractivity contribution in [1.29, 1.82) is 0 Å². The lowest BCUT2D eigenvalue weighted by atomic mass is 9.51. The highest BCUT2D eigenvalue weighted by Gasteiger charge is 2.69. The Kier molecular flexibility index (Phi) is 5.27. The third-order valence-corrected chi connectivity index (χ3v) is 8.77. The van der Waals surface area contributed by atoms with Crippen molar-refractivity contribution in [1.82, 2.24) is 0 Å². The minimum Gasteiger partial charge on any atom is -0.293 e. The molecule has 0 unspecified atom stereocenters. The summed E-state index contributed by atoms with van der Waals surface area (Å²) < 4.78 is 0. The molecule has 3 rings (SSSR count). The molecule has 2 aliphatic rings. The van der Waals surface area contributed by atoms with Gasteiger partial charge in [0.05, 0.1) is 0 Å². The molecule has 0 fully saturated rings. The Morgan fingerprint density at radius 1 is 0.382 bits per heavy atom. The van der Waals surface area contributed by atoms with Gasteiger partial charge in [0, 0.05) is 22.3 Å². The molecule has 0 radical (unpaired) electrons. The van der Waals surface area contributed by atoms with E-state index in [1.807, 2.05) is 83.1 Å². The van der Waals surface area contributed by atoms with E-state index in [1.54, 1.807) is 13.8 Å². The monoisotopic (exact) mass is 466 g/mol. The SMILES string of the molecule is Cc1c2c(c(C)c3c1C(=O)C(C(C)(C)C)(C(C)(C)C)C3=O)C(=O)C(C(C)(C)C)(C(C)(C)C)C2=O. The van der Waals surface area contributed by atoms with Crippen molar-refractivity contribution in [3.8, 4) is 0 Å². The number of fused-ring (bicyclic) bond motifs is 2. The zero-order chi connectivity index (χ0) is 26.8. The summed E-state index contributed by atoms with van der Waals surface area (Å²) in [5.41, 5.74) is -2.88. The quantitative estimate of drug-likeness (QED) is 0.379. The van der Waals surface area contributed by atoms with E-state index >= 15 is 0 Å². The van der Waals surface area contributed by atoms with Gasteiger partial charge in [-0.15, -0.1) is 0 Å². The molecule has 0 heterocycles. The van der Waals surface area contributed by atoms with Crippen molar-refractivity contribution >= 4 is 23.1 Å². The summed E-state index contributed by atoms with van der Waals surface area (Å²) >= 11 is 0. The van der Waals surface area contributed by atoms with Crippen LogP contribution in [0.1, 0.15) is 136 Å². The largest absolute Gasteiger partial charge is 0.293 e. The lowest BCUT2D eigenvalue weighted by Crippen LogP contribution is -2.55. The normalized spacial score (nSPS) is 20.2. The molecule has 4 heteroatoms. The Hall–Kier alpha value is -2.10. The van der Waals surface area contributed by atoms with Crippen LogP contribution in [0.2, 0.25) is 0 Å². The standard InChI is InChI=1S/C30H42O4/c1-15-17-19(23(33)29(21(17)31,25(3,4)5)26(6,7)8)16(2)20-18(15)22(32)30(24(20)34,27(9,10)11)28(12,13)14/h1-14H3. The van der Waals surface area contributed by atoms with Gasteiger partial charge >= 0.3 is 0 Å². The summed E-state index contributed by atoms with van der Waals surface area (Å²) in [4.78, 5) is 57.3. The number of hydrogen-bond donors (Lipinski definition) is 0. The Labute approximate surface area is 205 Å². The van der Waals surface area contributed by atoms with Gasteiger partial charge in [-0.05, 0) is 46.6 Å². The molecule has 0 bridgehead atoms. The fourth-order valence-electron chi connectivity index (χ4n) is 8.07. The number of carbonyl (C=O) groups excluding carboxylic acids is 4. The molecule has 0 spiro atoms. The van der Waals surface area contributed by atoms with Crippen molar-refractivity contribution in [2.45, 2.75) is 96.9 Å². The predicted octanol–water partition coefficient (Wildman–Crippen LogP) is 7.22. The molecule has 0 saturated heterocycles.